The van der Waals surface area contributed by atoms with Crippen LogP contribution in [-0.4, -0.2) is 55.1 Å². The Morgan fingerprint density at radius 2 is 2.11 bits per heavy atom. The molecule has 144 valence electrons. The molecule has 0 spiro atoms. The molecule has 0 fully saturated rings. The molecule has 0 aliphatic carbocycles. The summed E-state index contributed by atoms with van der Waals surface area (Å²) in [7, 11) is 5.84. The van der Waals surface area contributed by atoms with Crippen molar-refractivity contribution in [3.05, 3.63) is 48.3 Å². The summed E-state index contributed by atoms with van der Waals surface area (Å²) in [4.78, 5) is 20.5. The van der Waals surface area contributed by atoms with Crippen LogP contribution in [0.15, 0.2) is 47.6 Å². The third kappa shape index (κ3) is 4.42. The van der Waals surface area contributed by atoms with E-state index in [2.05, 4.69) is 25.8 Å². The maximum absolute atomic E-state index is 12.2. The Morgan fingerprint density at radius 3 is 2.85 bits per heavy atom. The second-order valence-electron chi connectivity index (χ2n) is 6.60. The van der Waals surface area contributed by atoms with Gasteiger partial charge in [0, 0.05) is 46.1 Å². The number of carbonyl (C=O) groups excluding carboxylic acids is 1. The van der Waals surface area contributed by atoms with Crippen molar-refractivity contribution in [1.82, 2.24) is 14.8 Å². The van der Waals surface area contributed by atoms with E-state index in [1.165, 1.54) is 5.69 Å². The Labute approximate surface area is 160 Å². The lowest BCUT2D eigenvalue weighted by molar-refractivity contribution is -0.121. The molecule has 0 bridgehead atoms. The highest BCUT2D eigenvalue weighted by atomic mass is 16.5. The Hall–Kier alpha value is -2.96. The third-order valence-electron chi connectivity index (χ3n) is 4.67. The van der Waals surface area contributed by atoms with Crippen LogP contribution in [0.2, 0.25) is 0 Å². The molecule has 7 nitrogen and oxygen atoms in total. The molecule has 0 saturated carbocycles. The molecule has 1 aliphatic heterocycles. The largest absolute Gasteiger partial charge is 0.482 e. The topological polar surface area (TPSA) is 62.1 Å². The minimum atomic E-state index is -0.00101. The van der Waals surface area contributed by atoms with Gasteiger partial charge in [0.25, 0.3) is 5.91 Å². The van der Waals surface area contributed by atoms with Gasteiger partial charge in [-0.25, -0.2) is 0 Å². The predicted molar refractivity (Wildman–Crippen MR) is 107 cm³/mol. The van der Waals surface area contributed by atoms with E-state index in [0.717, 1.165) is 36.9 Å². The quantitative estimate of drug-likeness (QED) is 0.480. The Bertz CT molecular complexity index is 814. The lowest BCUT2D eigenvalue weighted by Crippen LogP contribution is -2.42. The van der Waals surface area contributed by atoms with Crippen LogP contribution in [0.3, 0.4) is 0 Å². The fraction of sp³-hybridized carbons (Fsp3) is 0.400. The average molecular weight is 369 g/mol. The first-order valence-electron chi connectivity index (χ1n) is 9.14. The second-order valence-corrected chi connectivity index (χ2v) is 6.60. The van der Waals surface area contributed by atoms with E-state index < -0.39 is 0 Å². The molecule has 0 atom stereocenters. The number of anilines is 1. The number of nitrogens with one attached hydrogen (secondary N) is 1. The Kier molecular flexibility index (Phi) is 6.01. The van der Waals surface area contributed by atoms with E-state index >= 15 is 0 Å². The molecular weight excluding hydrogens is 342 g/mol. The summed E-state index contributed by atoms with van der Waals surface area (Å²) >= 11 is 0. The zero-order valence-electron chi connectivity index (χ0n) is 16.2. The summed E-state index contributed by atoms with van der Waals surface area (Å²) in [6, 6.07) is 11.8. The van der Waals surface area contributed by atoms with Gasteiger partial charge in [-0.1, -0.05) is 12.1 Å². The molecule has 0 saturated heterocycles. The molecule has 0 unspecified atom stereocenters. The molecule has 3 rings (SSSR count). The van der Waals surface area contributed by atoms with Crippen LogP contribution in [-0.2, 0) is 18.4 Å². The number of aliphatic imine (C=N–C) groups is 1. The number of amides is 1. The lowest BCUT2D eigenvalue weighted by Gasteiger charge is -2.29. The first-order chi connectivity index (χ1) is 13.1. The minimum absolute atomic E-state index is 0.00101. The maximum Gasteiger partial charge on any atom is 0.265 e. The van der Waals surface area contributed by atoms with E-state index in [0.29, 0.717) is 6.54 Å². The van der Waals surface area contributed by atoms with Gasteiger partial charge in [-0.15, -0.1) is 0 Å². The standard InChI is InChI=1S/C20H27N5O2/c1-21-20(24(3)14-16-8-6-12-23(16)2)22-11-7-13-25-17-9-4-5-10-18(17)27-15-19(25)26/h4-6,8-10,12H,7,11,13-15H2,1-3H3,(H,21,22). The molecule has 27 heavy (non-hydrogen) atoms. The molecule has 1 amide bonds. The smallest absolute Gasteiger partial charge is 0.265 e. The van der Waals surface area contributed by atoms with Gasteiger partial charge in [0.15, 0.2) is 12.6 Å². The summed E-state index contributed by atoms with van der Waals surface area (Å²) in [5, 5.41) is 3.38. The molecule has 2 aromatic rings. The molecule has 1 N–H and O–H groups in total. The summed E-state index contributed by atoms with van der Waals surface area (Å²) in [6.07, 6.45) is 2.85. The normalized spacial score (nSPS) is 14.0. The number of fused-ring (bicyclic) bond motifs is 1. The molecule has 1 aliphatic rings. The number of hydrogen-bond acceptors (Lipinski definition) is 3. The van der Waals surface area contributed by atoms with Crippen LogP contribution in [0, 0.1) is 0 Å². The Balaban J connectivity index is 1.50. The molecular formula is C20H27N5O2. The van der Waals surface area contributed by atoms with Crippen molar-refractivity contribution in [1.29, 1.82) is 0 Å². The number of hydrogen-bond donors (Lipinski definition) is 1. The monoisotopic (exact) mass is 369 g/mol. The van der Waals surface area contributed by atoms with Crippen molar-refractivity contribution < 1.29 is 9.53 Å². The van der Waals surface area contributed by atoms with E-state index in [4.69, 9.17) is 4.74 Å². The van der Waals surface area contributed by atoms with Gasteiger partial charge >= 0.3 is 0 Å². The predicted octanol–water partition coefficient (Wildman–Crippen LogP) is 1.85. The van der Waals surface area contributed by atoms with Crippen LogP contribution in [0.5, 0.6) is 5.75 Å². The van der Waals surface area contributed by atoms with Crippen LogP contribution < -0.4 is 15.0 Å². The summed E-state index contributed by atoms with van der Waals surface area (Å²) in [5.74, 6) is 1.60. The second kappa shape index (κ2) is 8.62. The number of nitrogens with zero attached hydrogens (tertiary/aromatic N) is 4. The molecule has 1 aromatic heterocycles. The number of rotatable bonds is 6. The van der Waals surface area contributed by atoms with Gasteiger partial charge in [0.05, 0.1) is 12.2 Å². The van der Waals surface area contributed by atoms with Crippen molar-refractivity contribution in [3.63, 3.8) is 0 Å². The van der Waals surface area contributed by atoms with Crippen LogP contribution in [0.4, 0.5) is 5.69 Å². The number of carbonyl (C=O) groups is 1. The van der Waals surface area contributed by atoms with E-state index in [-0.39, 0.29) is 12.5 Å². The number of guanidine groups is 1. The number of ether oxygens (including phenoxy) is 1. The van der Waals surface area contributed by atoms with Crippen molar-refractivity contribution in [2.45, 2.75) is 13.0 Å². The van der Waals surface area contributed by atoms with Gasteiger partial charge in [-0.3, -0.25) is 9.79 Å². The van der Waals surface area contributed by atoms with Gasteiger partial charge in [0.2, 0.25) is 0 Å². The SMILES string of the molecule is CN=C(NCCCN1C(=O)COc2ccccc21)N(C)Cc1cccn1C. The third-order valence-corrected chi connectivity index (χ3v) is 4.67. The van der Waals surface area contributed by atoms with Gasteiger partial charge in [0.1, 0.15) is 5.75 Å². The van der Waals surface area contributed by atoms with Crippen molar-refractivity contribution >= 4 is 17.6 Å². The maximum atomic E-state index is 12.2. The number of benzene rings is 1. The van der Waals surface area contributed by atoms with Gasteiger partial charge < -0.3 is 24.4 Å². The highest BCUT2D eigenvalue weighted by molar-refractivity contribution is 5.97. The highest BCUT2D eigenvalue weighted by Crippen LogP contribution is 2.31. The number of para-hydroxylation sites is 2. The van der Waals surface area contributed by atoms with Crippen molar-refractivity contribution in [2.24, 2.45) is 12.0 Å². The van der Waals surface area contributed by atoms with E-state index in [1.54, 1.807) is 11.9 Å². The zero-order valence-corrected chi connectivity index (χ0v) is 16.2. The summed E-state index contributed by atoms with van der Waals surface area (Å²) < 4.78 is 7.59. The zero-order chi connectivity index (χ0) is 19.2. The number of aryl methyl sites for hydroxylation is 1. The fourth-order valence-electron chi connectivity index (χ4n) is 3.20. The molecule has 1 aromatic carbocycles. The van der Waals surface area contributed by atoms with Crippen LogP contribution in [0.25, 0.3) is 0 Å². The van der Waals surface area contributed by atoms with Crippen LogP contribution >= 0.6 is 0 Å². The van der Waals surface area contributed by atoms with Gasteiger partial charge in [-0.05, 0) is 30.7 Å². The summed E-state index contributed by atoms with van der Waals surface area (Å²) in [5.41, 5.74) is 2.06. The van der Waals surface area contributed by atoms with E-state index in [9.17, 15) is 4.79 Å². The van der Waals surface area contributed by atoms with E-state index in [1.807, 2.05) is 50.6 Å². The first kappa shape index (κ1) is 18.8. The van der Waals surface area contributed by atoms with Gasteiger partial charge in [-0.2, -0.15) is 0 Å². The number of aromatic nitrogens is 1. The fourth-order valence-corrected chi connectivity index (χ4v) is 3.20. The highest BCUT2D eigenvalue weighted by Gasteiger charge is 2.24. The Morgan fingerprint density at radius 1 is 1.30 bits per heavy atom. The first-order valence-corrected chi connectivity index (χ1v) is 9.14. The van der Waals surface area contributed by atoms with Crippen LogP contribution in [0.1, 0.15) is 12.1 Å². The average Bonchev–Trinajstić information content (AvgIpc) is 3.07. The molecule has 7 heteroatoms. The van der Waals surface area contributed by atoms with Crippen molar-refractivity contribution in [2.75, 3.05) is 38.7 Å². The molecule has 0 radical (unpaired) electrons. The lowest BCUT2D eigenvalue weighted by atomic mass is 10.2. The minimum Gasteiger partial charge on any atom is -0.482 e. The summed E-state index contributed by atoms with van der Waals surface area (Å²) in [6.45, 7) is 2.26. The molecule has 2 heterocycles. The van der Waals surface area contributed by atoms with Crippen molar-refractivity contribution in [3.8, 4) is 5.75 Å².